The fraction of sp³-hybridized carbons (Fsp3) is 0.100. The molecule has 72 valence electrons. The number of aryl methyl sites for hydroxylation is 1. The van der Waals surface area contributed by atoms with Crippen LogP contribution in [0.4, 0.5) is 11.5 Å². The Hall–Kier alpha value is -1.97. The van der Waals surface area contributed by atoms with Crippen LogP contribution >= 0.6 is 0 Å². The number of nitrogens with one attached hydrogen (secondary N) is 1. The standard InChI is InChI=1S/C10H12N4/c1-6-9(12)14-10(13-6)7-4-2-3-5-8(7)11/h2-5H,11-12H2,1H3,(H,13,14). The first-order valence-electron chi connectivity index (χ1n) is 4.35. The van der Waals surface area contributed by atoms with Crippen LogP contribution in [0, 0.1) is 6.92 Å². The van der Waals surface area contributed by atoms with Gasteiger partial charge in [0.15, 0.2) is 0 Å². The summed E-state index contributed by atoms with van der Waals surface area (Å²) in [5.41, 5.74) is 13.9. The highest BCUT2D eigenvalue weighted by Gasteiger charge is 2.07. The molecule has 0 aliphatic heterocycles. The van der Waals surface area contributed by atoms with E-state index in [0.717, 1.165) is 17.1 Å². The average molecular weight is 188 g/mol. The van der Waals surface area contributed by atoms with E-state index >= 15 is 0 Å². The van der Waals surface area contributed by atoms with E-state index in [0.29, 0.717) is 11.5 Å². The second-order valence-electron chi connectivity index (χ2n) is 3.18. The molecule has 0 radical (unpaired) electrons. The third-order valence-corrected chi connectivity index (χ3v) is 2.14. The first-order chi connectivity index (χ1) is 6.68. The highest BCUT2D eigenvalue weighted by molar-refractivity contribution is 5.72. The molecule has 0 bridgehead atoms. The lowest BCUT2D eigenvalue weighted by Gasteiger charge is -2.00. The van der Waals surface area contributed by atoms with E-state index in [1.807, 2.05) is 31.2 Å². The SMILES string of the molecule is Cc1[nH]c(-c2ccccc2N)nc1N. The number of hydrogen-bond donors (Lipinski definition) is 3. The van der Waals surface area contributed by atoms with Crippen molar-refractivity contribution >= 4 is 11.5 Å². The summed E-state index contributed by atoms with van der Waals surface area (Å²) in [4.78, 5) is 7.27. The summed E-state index contributed by atoms with van der Waals surface area (Å²) in [6.45, 7) is 1.88. The molecule has 0 saturated carbocycles. The highest BCUT2D eigenvalue weighted by atomic mass is 15.0. The zero-order valence-corrected chi connectivity index (χ0v) is 7.91. The van der Waals surface area contributed by atoms with E-state index in [1.165, 1.54) is 0 Å². The van der Waals surface area contributed by atoms with Crippen molar-refractivity contribution in [2.75, 3.05) is 11.5 Å². The van der Waals surface area contributed by atoms with Crippen LogP contribution in [-0.4, -0.2) is 9.97 Å². The molecule has 0 spiro atoms. The Morgan fingerprint density at radius 3 is 2.50 bits per heavy atom. The molecule has 14 heavy (non-hydrogen) atoms. The van der Waals surface area contributed by atoms with Crippen LogP contribution in [0.3, 0.4) is 0 Å². The van der Waals surface area contributed by atoms with Crippen LogP contribution < -0.4 is 11.5 Å². The number of benzene rings is 1. The lowest BCUT2D eigenvalue weighted by Crippen LogP contribution is -1.90. The summed E-state index contributed by atoms with van der Waals surface area (Å²) in [6, 6.07) is 7.55. The maximum atomic E-state index is 5.81. The van der Waals surface area contributed by atoms with Crippen LogP contribution in [0.1, 0.15) is 5.69 Å². The van der Waals surface area contributed by atoms with Crippen LogP contribution in [0.5, 0.6) is 0 Å². The molecule has 0 fully saturated rings. The molecule has 0 saturated heterocycles. The zero-order chi connectivity index (χ0) is 10.1. The number of nitrogens with zero attached hydrogens (tertiary/aromatic N) is 1. The van der Waals surface area contributed by atoms with Crippen molar-refractivity contribution in [3.63, 3.8) is 0 Å². The van der Waals surface area contributed by atoms with E-state index in [9.17, 15) is 0 Å². The van der Waals surface area contributed by atoms with E-state index in [-0.39, 0.29) is 0 Å². The molecule has 0 unspecified atom stereocenters. The Labute approximate surface area is 82.0 Å². The van der Waals surface area contributed by atoms with Crippen LogP contribution in [0.25, 0.3) is 11.4 Å². The fourth-order valence-corrected chi connectivity index (χ4v) is 1.31. The Kier molecular flexibility index (Phi) is 1.89. The maximum absolute atomic E-state index is 5.81. The quantitative estimate of drug-likeness (QED) is 0.594. The predicted molar refractivity (Wildman–Crippen MR) is 57.6 cm³/mol. The summed E-state index contributed by atoms with van der Waals surface area (Å²) >= 11 is 0. The van der Waals surface area contributed by atoms with Gasteiger partial charge in [-0.05, 0) is 19.1 Å². The molecule has 1 aromatic heterocycles. The van der Waals surface area contributed by atoms with E-state index < -0.39 is 0 Å². The fourth-order valence-electron chi connectivity index (χ4n) is 1.31. The second kappa shape index (κ2) is 3.06. The lowest BCUT2D eigenvalue weighted by molar-refractivity contribution is 1.26. The zero-order valence-electron chi connectivity index (χ0n) is 7.91. The van der Waals surface area contributed by atoms with E-state index in [2.05, 4.69) is 9.97 Å². The molecule has 1 aromatic carbocycles. The van der Waals surface area contributed by atoms with Crippen molar-refractivity contribution in [1.82, 2.24) is 9.97 Å². The van der Waals surface area contributed by atoms with Crippen LogP contribution in [0.15, 0.2) is 24.3 Å². The minimum atomic E-state index is 0.517. The molecule has 2 rings (SSSR count). The molecule has 0 aliphatic carbocycles. The van der Waals surface area contributed by atoms with Gasteiger partial charge >= 0.3 is 0 Å². The van der Waals surface area contributed by atoms with Gasteiger partial charge in [0.25, 0.3) is 0 Å². The molecular weight excluding hydrogens is 176 g/mol. The molecule has 5 N–H and O–H groups in total. The number of hydrogen-bond acceptors (Lipinski definition) is 3. The molecule has 0 amide bonds. The number of aromatic amines is 1. The molecule has 2 aromatic rings. The van der Waals surface area contributed by atoms with Gasteiger partial charge < -0.3 is 16.5 Å². The van der Waals surface area contributed by atoms with Crippen LogP contribution in [-0.2, 0) is 0 Å². The van der Waals surface area contributed by atoms with Gasteiger partial charge in [-0.15, -0.1) is 0 Å². The number of imidazole rings is 1. The van der Waals surface area contributed by atoms with Gasteiger partial charge in [0.2, 0.25) is 0 Å². The summed E-state index contributed by atoms with van der Waals surface area (Å²) in [5, 5.41) is 0. The molecule has 0 atom stereocenters. The van der Waals surface area contributed by atoms with Gasteiger partial charge in [0, 0.05) is 11.3 Å². The normalized spacial score (nSPS) is 10.4. The molecule has 0 aliphatic rings. The first-order valence-corrected chi connectivity index (χ1v) is 4.35. The van der Waals surface area contributed by atoms with Gasteiger partial charge in [-0.3, -0.25) is 0 Å². The summed E-state index contributed by atoms with van der Waals surface area (Å²) in [7, 11) is 0. The van der Waals surface area contributed by atoms with Crippen molar-refractivity contribution in [2.45, 2.75) is 6.92 Å². The average Bonchev–Trinajstić information content (AvgIpc) is 2.48. The number of nitrogens with two attached hydrogens (primary N) is 2. The molecular formula is C10H12N4. The largest absolute Gasteiger partial charge is 0.398 e. The number of para-hydroxylation sites is 1. The van der Waals surface area contributed by atoms with E-state index in [1.54, 1.807) is 0 Å². The van der Waals surface area contributed by atoms with Crippen molar-refractivity contribution in [3.05, 3.63) is 30.0 Å². The third-order valence-electron chi connectivity index (χ3n) is 2.14. The van der Waals surface area contributed by atoms with Crippen molar-refractivity contribution in [2.24, 2.45) is 0 Å². The Bertz CT molecular complexity index is 439. The number of rotatable bonds is 1. The summed E-state index contributed by atoms with van der Waals surface area (Å²) < 4.78 is 0. The second-order valence-corrected chi connectivity index (χ2v) is 3.18. The Morgan fingerprint density at radius 2 is 1.93 bits per heavy atom. The smallest absolute Gasteiger partial charge is 0.145 e. The van der Waals surface area contributed by atoms with Crippen molar-refractivity contribution < 1.29 is 0 Å². The first kappa shape index (κ1) is 8.62. The van der Waals surface area contributed by atoms with E-state index in [4.69, 9.17) is 11.5 Å². The predicted octanol–water partition coefficient (Wildman–Crippen LogP) is 1.55. The molecule has 4 heteroatoms. The lowest BCUT2D eigenvalue weighted by atomic mass is 10.2. The van der Waals surface area contributed by atoms with Gasteiger partial charge in [0.1, 0.15) is 11.6 Å². The monoisotopic (exact) mass is 188 g/mol. The number of anilines is 2. The van der Waals surface area contributed by atoms with Crippen molar-refractivity contribution in [3.8, 4) is 11.4 Å². The minimum absolute atomic E-state index is 0.517. The van der Waals surface area contributed by atoms with Gasteiger partial charge in [-0.25, -0.2) is 4.98 Å². The summed E-state index contributed by atoms with van der Waals surface area (Å²) in [6.07, 6.45) is 0. The number of aromatic nitrogens is 2. The molecule has 4 nitrogen and oxygen atoms in total. The van der Waals surface area contributed by atoms with Gasteiger partial charge in [0.05, 0.1) is 5.69 Å². The Morgan fingerprint density at radius 1 is 1.21 bits per heavy atom. The number of nitrogen functional groups attached to an aromatic ring is 2. The van der Waals surface area contributed by atoms with Gasteiger partial charge in [-0.1, -0.05) is 12.1 Å². The molecule has 1 heterocycles. The summed E-state index contributed by atoms with van der Waals surface area (Å²) in [5.74, 6) is 1.24. The number of H-pyrrole nitrogens is 1. The van der Waals surface area contributed by atoms with Crippen LogP contribution in [0.2, 0.25) is 0 Å². The highest BCUT2D eigenvalue weighted by Crippen LogP contribution is 2.24. The third kappa shape index (κ3) is 1.31. The maximum Gasteiger partial charge on any atom is 0.145 e. The van der Waals surface area contributed by atoms with Crippen molar-refractivity contribution in [1.29, 1.82) is 0 Å². The Balaban J connectivity index is 2.55. The minimum Gasteiger partial charge on any atom is -0.398 e. The topological polar surface area (TPSA) is 80.7 Å². The van der Waals surface area contributed by atoms with Gasteiger partial charge in [-0.2, -0.15) is 0 Å².